The van der Waals surface area contributed by atoms with Crippen molar-refractivity contribution in [3.05, 3.63) is 24.1 Å². The van der Waals surface area contributed by atoms with E-state index in [-0.39, 0.29) is 12.4 Å². The highest BCUT2D eigenvalue weighted by Gasteiger charge is 2.27. The van der Waals surface area contributed by atoms with E-state index in [1.807, 2.05) is 0 Å². The number of pyridine rings is 1. The Bertz CT molecular complexity index is 377. The molecule has 94 valence electrons. The van der Waals surface area contributed by atoms with Crippen molar-refractivity contribution in [3.8, 4) is 0 Å². The quantitative estimate of drug-likeness (QED) is 0.793. The molecule has 0 bridgehead atoms. The molecular formula is C9H9F4N3O. The predicted molar refractivity (Wildman–Crippen MR) is 51.7 cm³/mol. The van der Waals surface area contributed by atoms with E-state index < -0.39 is 24.4 Å². The van der Waals surface area contributed by atoms with Gasteiger partial charge in [-0.3, -0.25) is 4.79 Å². The van der Waals surface area contributed by atoms with Crippen molar-refractivity contribution in [1.29, 1.82) is 0 Å². The summed E-state index contributed by atoms with van der Waals surface area (Å²) in [5.74, 6) is -1.17. The Kier molecular flexibility index (Phi) is 4.24. The molecule has 17 heavy (non-hydrogen) atoms. The zero-order valence-corrected chi connectivity index (χ0v) is 8.51. The molecular weight excluding hydrogens is 242 g/mol. The van der Waals surface area contributed by atoms with E-state index in [0.29, 0.717) is 0 Å². The van der Waals surface area contributed by atoms with Crippen molar-refractivity contribution < 1.29 is 22.4 Å². The van der Waals surface area contributed by atoms with E-state index in [1.165, 1.54) is 6.07 Å². The monoisotopic (exact) mass is 251 g/mol. The van der Waals surface area contributed by atoms with Crippen LogP contribution in [0.4, 0.5) is 23.4 Å². The molecule has 1 amide bonds. The summed E-state index contributed by atoms with van der Waals surface area (Å²) in [6.07, 6.45) is -3.51. The van der Waals surface area contributed by atoms with Gasteiger partial charge >= 0.3 is 6.18 Å². The maximum absolute atomic E-state index is 12.4. The van der Waals surface area contributed by atoms with Gasteiger partial charge in [0, 0.05) is 0 Å². The largest absolute Gasteiger partial charge is 0.405 e. The van der Waals surface area contributed by atoms with Gasteiger partial charge in [0.2, 0.25) is 5.91 Å². The minimum absolute atomic E-state index is 0.202. The van der Waals surface area contributed by atoms with E-state index in [1.54, 1.807) is 5.32 Å². The lowest BCUT2D eigenvalue weighted by Gasteiger charge is -2.09. The minimum Gasteiger partial charge on any atom is -0.361 e. The predicted octanol–water partition coefficient (Wildman–Crippen LogP) is 1.31. The maximum atomic E-state index is 12.4. The van der Waals surface area contributed by atoms with Gasteiger partial charge in [-0.05, 0) is 12.1 Å². The van der Waals surface area contributed by atoms with Gasteiger partial charge < -0.3 is 10.6 Å². The second-order valence-electron chi connectivity index (χ2n) is 3.11. The van der Waals surface area contributed by atoms with Crippen molar-refractivity contribution in [1.82, 2.24) is 10.3 Å². The summed E-state index contributed by atoms with van der Waals surface area (Å²) < 4.78 is 47.6. The van der Waals surface area contributed by atoms with Crippen molar-refractivity contribution >= 4 is 11.7 Å². The number of rotatable bonds is 4. The Morgan fingerprint density at radius 1 is 1.35 bits per heavy atom. The topological polar surface area (TPSA) is 54.0 Å². The summed E-state index contributed by atoms with van der Waals surface area (Å²) >= 11 is 0. The van der Waals surface area contributed by atoms with Crippen LogP contribution in [0.2, 0.25) is 0 Å². The van der Waals surface area contributed by atoms with E-state index >= 15 is 0 Å². The highest BCUT2D eigenvalue weighted by molar-refractivity contribution is 5.80. The molecule has 1 aromatic rings. The molecule has 1 heterocycles. The Morgan fingerprint density at radius 3 is 2.59 bits per heavy atom. The summed E-state index contributed by atoms with van der Waals surface area (Å²) in [5, 5.41) is 4.13. The van der Waals surface area contributed by atoms with E-state index in [2.05, 4.69) is 10.3 Å². The average Bonchev–Trinajstić information content (AvgIpc) is 2.25. The molecule has 2 N–H and O–H groups in total. The number of hydrogen-bond acceptors (Lipinski definition) is 3. The number of aromatic nitrogens is 1. The van der Waals surface area contributed by atoms with Gasteiger partial charge in [0.05, 0.1) is 12.7 Å². The molecule has 0 fully saturated rings. The number of carbonyl (C=O) groups is 1. The molecule has 0 spiro atoms. The molecule has 0 aliphatic heterocycles. The summed E-state index contributed by atoms with van der Waals surface area (Å²) in [5.41, 5.74) is 0. The number of anilines is 1. The first-order chi connectivity index (χ1) is 7.87. The van der Waals surface area contributed by atoms with Crippen LogP contribution in [0.15, 0.2) is 18.3 Å². The maximum Gasteiger partial charge on any atom is 0.405 e. The zero-order chi connectivity index (χ0) is 12.9. The molecule has 1 aromatic heterocycles. The second kappa shape index (κ2) is 5.46. The molecule has 0 aliphatic carbocycles. The molecule has 0 unspecified atom stereocenters. The van der Waals surface area contributed by atoms with E-state index in [4.69, 9.17) is 0 Å². The minimum atomic E-state index is -4.44. The number of nitrogens with zero attached hydrogens (tertiary/aromatic N) is 1. The molecule has 0 saturated heterocycles. The smallest absolute Gasteiger partial charge is 0.361 e. The Labute approximate surface area is 94.0 Å². The van der Waals surface area contributed by atoms with Crippen LogP contribution in [0.25, 0.3) is 0 Å². The SMILES string of the molecule is O=C(CNc1ccc(F)cn1)NCC(F)(F)F. The van der Waals surface area contributed by atoms with Crippen LogP contribution < -0.4 is 10.6 Å². The summed E-state index contributed by atoms with van der Waals surface area (Å²) in [6, 6.07) is 2.38. The number of carbonyl (C=O) groups excluding carboxylic acids is 1. The van der Waals surface area contributed by atoms with Gasteiger partial charge in [-0.25, -0.2) is 9.37 Å². The van der Waals surface area contributed by atoms with Crippen LogP contribution >= 0.6 is 0 Å². The average molecular weight is 251 g/mol. The highest BCUT2D eigenvalue weighted by atomic mass is 19.4. The van der Waals surface area contributed by atoms with Crippen LogP contribution in [0.1, 0.15) is 0 Å². The summed E-state index contributed by atoms with van der Waals surface area (Å²) in [6.45, 7) is -1.75. The van der Waals surface area contributed by atoms with E-state index in [9.17, 15) is 22.4 Å². The summed E-state index contributed by atoms with van der Waals surface area (Å²) in [4.78, 5) is 14.5. The Morgan fingerprint density at radius 2 is 2.06 bits per heavy atom. The van der Waals surface area contributed by atoms with Gasteiger partial charge in [-0.15, -0.1) is 0 Å². The van der Waals surface area contributed by atoms with Crippen LogP contribution in [0, 0.1) is 5.82 Å². The third-order valence-electron chi connectivity index (χ3n) is 1.64. The first kappa shape index (κ1) is 13.2. The summed E-state index contributed by atoms with van der Waals surface area (Å²) in [7, 11) is 0. The Balaban J connectivity index is 2.31. The molecule has 0 aromatic carbocycles. The lowest BCUT2D eigenvalue weighted by atomic mass is 10.4. The van der Waals surface area contributed by atoms with Gasteiger partial charge in [0.1, 0.15) is 18.2 Å². The van der Waals surface area contributed by atoms with Crippen molar-refractivity contribution in [2.75, 3.05) is 18.4 Å². The zero-order valence-electron chi connectivity index (χ0n) is 8.51. The molecule has 0 saturated carbocycles. The van der Waals surface area contributed by atoms with Gasteiger partial charge in [-0.2, -0.15) is 13.2 Å². The molecule has 8 heteroatoms. The fraction of sp³-hybridized carbons (Fsp3) is 0.333. The fourth-order valence-electron chi connectivity index (χ4n) is 0.913. The first-order valence-corrected chi connectivity index (χ1v) is 4.56. The standard InChI is InChI=1S/C9H9F4N3O/c10-6-1-2-7(14-3-6)15-4-8(17)16-5-9(11,12)13/h1-3H,4-5H2,(H,14,15)(H,16,17). The van der Waals surface area contributed by atoms with Gasteiger partial charge in [0.15, 0.2) is 0 Å². The van der Waals surface area contributed by atoms with Crippen molar-refractivity contribution in [2.24, 2.45) is 0 Å². The molecule has 0 radical (unpaired) electrons. The van der Waals surface area contributed by atoms with Crippen LogP contribution in [-0.4, -0.2) is 30.2 Å². The number of hydrogen-bond donors (Lipinski definition) is 2. The third kappa shape index (κ3) is 5.69. The number of alkyl halides is 3. The molecule has 1 rings (SSSR count). The lowest BCUT2D eigenvalue weighted by molar-refractivity contribution is -0.137. The normalized spacial score (nSPS) is 11.1. The van der Waals surface area contributed by atoms with Crippen LogP contribution in [0.3, 0.4) is 0 Å². The van der Waals surface area contributed by atoms with Crippen LogP contribution in [-0.2, 0) is 4.79 Å². The molecule has 0 aliphatic rings. The second-order valence-corrected chi connectivity index (χ2v) is 3.11. The number of amides is 1. The Hall–Kier alpha value is -1.86. The highest BCUT2D eigenvalue weighted by Crippen LogP contribution is 2.12. The number of nitrogens with one attached hydrogen (secondary N) is 2. The van der Waals surface area contributed by atoms with Crippen LogP contribution in [0.5, 0.6) is 0 Å². The van der Waals surface area contributed by atoms with Crippen molar-refractivity contribution in [3.63, 3.8) is 0 Å². The van der Waals surface area contributed by atoms with Gasteiger partial charge in [-0.1, -0.05) is 0 Å². The van der Waals surface area contributed by atoms with Gasteiger partial charge in [0.25, 0.3) is 0 Å². The van der Waals surface area contributed by atoms with Crippen molar-refractivity contribution in [2.45, 2.75) is 6.18 Å². The van der Waals surface area contributed by atoms with E-state index in [0.717, 1.165) is 12.3 Å². The third-order valence-corrected chi connectivity index (χ3v) is 1.64. The lowest BCUT2D eigenvalue weighted by Crippen LogP contribution is -2.37. The fourth-order valence-corrected chi connectivity index (χ4v) is 0.913. The molecule has 4 nitrogen and oxygen atoms in total. The molecule has 0 atom stereocenters. The number of halogens is 4. The first-order valence-electron chi connectivity index (χ1n) is 4.56.